The first-order chi connectivity index (χ1) is 5.81. The van der Waals surface area contributed by atoms with E-state index in [4.69, 9.17) is 12.6 Å². The molecule has 6 heteroatoms. The van der Waals surface area contributed by atoms with Gasteiger partial charge >= 0.3 is 0 Å². The highest BCUT2D eigenvalue weighted by Crippen LogP contribution is 2.10. The fourth-order valence-electron chi connectivity index (χ4n) is 0.914. The smallest absolute Gasteiger partial charge is 0.177 e. The van der Waals surface area contributed by atoms with Crippen molar-refractivity contribution in [3.8, 4) is 0 Å². The third kappa shape index (κ3) is 1.00. The molecule has 0 spiro atoms. The maximum absolute atomic E-state index is 12.2. The van der Waals surface area contributed by atoms with Gasteiger partial charge in [-0.1, -0.05) is 17.8 Å². The number of alkyl halides is 1. The molecule has 0 amide bonds. The molecule has 0 aliphatic rings. The predicted octanol–water partition coefficient (Wildman–Crippen LogP) is 1.15. The second-order valence-electron chi connectivity index (χ2n) is 2.22. The second kappa shape index (κ2) is 2.63. The van der Waals surface area contributed by atoms with E-state index in [1.807, 2.05) is 0 Å². The van der Waals surface area contributed by atoms with Crippen molar-refractivity contribution >= 4 is 18.3 Å². The summed E-state index contributed by atoms with van der Waals surface area (Å²) in [4.78, 5) is 3.91. The van der Waals surface area contributed by atoms with Gasteiger partial charge in [0.1, 0.15) is 11.7 Å². The zero-order chi connectivity index (χ0) is 8.55. The standard InChI is InChI=1S/C6H4FN4S/c7-2-4-1-6(12)11-5(9-4)3-8-10-11/h1,3H,2H2. The zero-order valence-electron chi connectivity index (χ0n) is 5.94. The van der Waals surface area contributed by atoms with Gasteiger partial charge in [0.25, 0.3) is 0 Å². The molecule has 0 unspecified atom stereocenters. The Labute approximate surface area is 72.8 Å². The van der Waals surface area contributed by atoms with Gasteiger partial charge in [-0.3, -0.25) is 0 Å². The lowest BCUT2D eigenvalue weighted by Crippen LogP contribution is -1.96. The van der Waals surface area contributed by atoms with Crippen LogP contribution in [0.3, 0.4) is 0 Å². The molecule has 2 heterocycles. The average Bonchev–Trinajstić information content (AvgIpc) is 2.52. The van der Waals surface area contributed by atoms with E-state index >= 15 is 0 Å². The topological polar surface area (TPSA) is 43.1 Å². The Hall–Kier alpha value is -1.30. The van der Waals surface area contributed by atoms with E-state index < -0.39 is 6.67 Å². The van der Waals surface area contributed by atoms with Crippen LogP contribution < -0.4 is 0 Å². The van der Waals surface area contributed by atoms with Crippen molar-refractivity contribution in [2.24, 2.45) is 0 Å². The molecule has 0 atom stereocenters. The largest absolute Gasteiger partial charge is 0.244 e. The van der Waals surface area contributed by atoms with Crippen LogP contribution in [-0.2, 0) is 6.67 Å². The number of hydrogen-bond donors (Lipinski definition) is 0. The summed E-state index contributed by atoms with van der Waals surface area (Å²) in [5.41, 5.74) is 0.796. The molecule has 0 bridgehead atoms. The van der Waals surface area contributed by atoms with E-state index in [0.717, 1.165) is 0 Å². The summed E-state index contributed by atoms with van der Waals surface area (Å²) < 4.78 is 13.6. The molecule has 12 heavy (non-hydrogen) atoms. The van der Waals surface area contributed by atoms with Crippen molar-refractivity contribution < 1.29 is 4.39 Å². The molecule has 0 aliphatic carbocycles. The van der Waals surface area contributed by atoms with Crippen LogP contribution in [0.15, 0.2) is 17.3 Å². The fourth-order valence-corrected chi connectivity index (χ4v) is 1.18. The van der Waals surface area contributed by atoms with Gasteiger partial charge in [0, 0.05) is 0 Å². The van der Waals surface area contributed by atoms with Crippen LogP contribution in [0.25, 0.3) is 5.65 Å². The summed E-state index contributed by atoms with van der Waals surface area (Å²) in [6, 6.07) is 1.47. The monoisotopic (exact) mass is 183 g/mol. The Balaban J connectivity index is 2.75. The highest BCUT2D eigenvalue weighted by molar-refractivity contribution is 7.80. The first-order valence-electron chi connectivity index (χ1n) is 3.24. The molecular weight excluding hydrogens is 179 g/mol. The summed E-state index contributed by atoms with van der Waals surface area (Å²) in [6.07, 6.45) is 1.44. The molecule has 0 saturated carbocycles. The quantitative estimate of drug-likeness (QED) is 0.623. The van der Waals surface area contributed by atoms with Crippen LogP contribution >= 0.6 is 12.6 Å². The fraction of sp³-hybridized carbons (Fsp3) is 0.167. The van der Waals surface area contributed by atoms with Crippen LogP contribution in [0.1, 0.15) is 5.69 Å². The molecular formula is C6H4FN4S. The van der Waals surface area contributed by atoms with Crippen molar-refractivity contribution in [1.29, 1.82) is 0 Å². The Bertz CT molecular complexity index is 413. The first kappa shape index (κ1) is 7.35. The van der Waals surface area contributed by atoms with Crippen LogP contribution in [0.5, 0.6) is 0 Å². The van der Waals surface area contributed by atoms with E-state index in [-0.39, 0.29) is 0 Å². The van der Waals surface area contributed by atoms with Gasteiger partial charge in [0.15, 0.2) is 5.65 Å². The van der Waals surface area contributed by atoms with Crippen LogP contribution in [0, 0.1) is 0 Å². The normalized spacial score (nSPS) is 10.8. The first-order valence-corrected chi connectivity index (χ1v) is 3.65. The molecule has 0 N–H and O–H groups in total. The maximum atomic E-state index is 12.2. The van der Waals surface area contributed by atoms with Crippen LogP contribution in [0.4, 0.5) is 4.39 Å². The lowest BCUT2D eigenvalue weighted by molar-refractivity contribution is 0.474. The van der Waals surface area contributed by atoms with Gasteiger partial charge in [-0.05, 0) is 6.07 Å². The number of rotatable bonds is 1. The van der Waals surface area contributed by atoms with Gasteiger partial charge in [0.05, 0.1) is 11.9 Å². The Morgan fingerprint density at radius 1 is 1.58 bits per heavy atom. The van der Waals surface area contributed by atoms with E-state index in [2.05, 4.69) is 15.3 Å². The predicted molar refractivity (Wildman–Crippen MR) is 41.5 cm³/mol. The van der Waals surface area contributed by atoms with Crippen molar-refractivity contribution in [2.75, 3.05) is 0 Å². The highest BCUT2D eigenvalue weighted by atomic mass is 32.1. The molecule has 2 aromatic rings. The minimum absolute atomic E-state index is 0.315. The third-order valence-corrected chi connectivity index (χ3v) is 1.72. The van der Waals surface area contributed by atoms with Crippen LogP contribution in [0.2, 0.25) is 0 Å². The van der Waals surface area contributed by atoms with Crippen molar-refractivity contribution in [3.05, 3.63) is 18.0 Å². The van der Waals surface area contributed by atoms with Gasteiger partial charge < -0.3 is 0 Å². The molecule has 2 aromatic heterocycles. The van der Waals surface area contributed by atoms with E-state index in [0.29, 0.717) is 16.4 Å². The molecule has 0 saturated heterocycles. The Morgan fingerprint density at radius 3 is 3.17 bits per heavy atom. The van der Waals surface area contributed by atoms with Crippen molar-refractivity contribution in [2.45, 2.75) is 11.7 Å². The van der Waals surface area contributed by atoms with Crippen LogP contribution in [-0.4, -0.2) is 19.8 Å². The van der Waals surface area contributed by atoms with E-state index in [9.17, 15) is 4.39 Å². The molecule has 0 aliphatic heterocycles. The Morgan fingerprint density at radius 2 is 2.42 bits per heavy atom. The lowest BCUT2D eigenvalue weighted by Gasteiger charge is -1.96. The summed E-state index contributed by atoms with van der Waals surface area (Å²) in [5.74, 6) is 0. The Kier molecular flexibility index (Phi) is 1.61. The minimum atomic E-state index is -0.620. The molecule has 0 fully saturated rings. The number of nitrogens with zero attached hydrogens (tertiary/aromatic N) is 4. The second-order valence-corrected chi connectivity index (χ2v) is 2.64. The molecule has 4 nitrogen and oxygen atoms in total. The molecule has 2 rings (SSSR count). The van der Waals surface area contributed by atoms with Gasteiger partial charge in [0.2, 0.25) is 0 Å². The maximum Gasteiger partial charge on any atom is 0.177 e. The number of hydrogen-bond acceptors (Lipinski definition) is 3. The third-order valence-electron chi connectivity index (χ3n) is 1.43. The summed E-state index contributed by atoms with van der Waals surface area (Å²) in [6.45, 7) is -0.620. The molecule has 61 valence electrons. The van der Waals surface area contributed by atoms with Crippen molar-refractivity contribution in [1.82, 2.24) is 19.8 Å². The average molecular weight is 183 g/mol. The number of halogens is 1. The SMILES string of the molecule is FCc1cc([S])n2nncc2n1. The minimum Gasteiger partial charge on any atom is -0.244 e. The summed E-state index contributed by atoms with van der Waals surface area (Å²) in [5, 5.41) is 7.69. The highest BCUT2D eigenvalue weighted by Gasteiger charge is 2.03. The summed E-state index contributed by atoms with van der Waals surface area (Å²) >= 11 is 4.91. The molecule has 1 radical (unpaired) electrons. The summed E-state index contributed by atoms with van der Waals surface area (Å²) in [7, 11) is 0. The van der Waals surface area contributed by atoms with Gasteiger partial charge in [-0.15, -0.1) is 5.10 Å². The number of aromatic nitrogens is 4. The van der Waals surface area contributed by atoms with E-state index in [1.165, 1.54) is 16.8 Å². The number of fused-ring (bicyclic) bond motifs is 1. The van der Waals surface area contributed by atoms with Gasteiger partial charge in [-0.25, -0.2) is 9.37 Å². The van der Waals surface area contributed by atoms with E-state index in [1.54, 1.807) is 0 Å². The van der Waals surface area contributed by atoms with Crippen molar-refractivity contribution in [3.63, 3.8) is 0 Å². The zero-order valence-corrected chi connectivity index (χ0v) is 6.75. The molecule has 0 aromatic carbocycles. The van der Waals surface area contributed by atoms with Gasteiger partial charge in [-0.2, -0.15) is 4.52 Å². The lowest BCUT2D eigenvalue weighted by atomic mass is 10.4.